The van der Waals surface area contributed by atoms with E-state index in [1.807, 2.05) is 26.0 Å². The van der Waals surface area contributed by atoms with Crippen LogP contribution in [-0.4, -0.2) is 10.9 Å². The van der Waals surface area contributed by atoms with Crippen LogP contribution < -0.4 is 5.32 Å². The summed E-state index contributed by atoms with van der Waals surface area (Å²) in [7, 11) is 0. The van der Waals surface area contributed by atoms with Crippen molar-refractivity contribution in [2.75, 3.05) is 5.32 Å². The Bertz CT molecular complexity index is 850. The Kier molecular flexibility index (Phi) is 4.08. The molecular formula is C16H12Cl2N2OS. The summed E-state index contributed by atoms with van der Waals surface area (Å²) in [6.45, 7) is 3.86. The van der Waals surface area contributed by atoms with Crippen molar-refractivity contribution in [1.82, 2.24) is 4.98 Å². The maximum Gasteiger partial charge on any atom is 0.258 e. The average Bonchev–Trinajstić information content (AvgIpc) is 2.80. The fraction of sp³-hybridized carbons (Fsp3) is 0.125. The van der Waals surface area contributed by atoms with E-state index in [1.54, 1.807) is 18.2 Å². The smallest absolute Gasteiger partial charge is 0.258 e. The van der Waals surface area contributed by atoms with Crippen LogP contribution in [-0.2, 0) is 0 Å². The van der Waals surface area contributed by atoms with Crippen LogP contribution in [0.1, 0.15) is 21.5 Å². The molecular weight excluding hydrogens is 339 g/mol. The highest BCUT2D eigenvalue weighted by Crippen LogP contribution is 2.31. The first-order valence-electron chi connectivity index (χ1n) is 6.58. The molecule has 0 unspecified atom stereocenters. The van der Waals surface area contributed by atoms with E-state index in [0.717, 1.165) is 21.3 Å². The molecule has 22 heavy (non-hydrogen) atoms. The molecule has 0 aliphatic heterocycles. The monoisotopic (exact) mass is 350 g/mol. The molecule has 1 amide bonds. The second kappa shape index (κ2) is 5.88. The molecule has 0 saturated heterocycles. The summed E-state index contributed by atoms with van der Waals surface area (Å²) in [5, 5.41) is 4.41. The van der Waals surface area contributed by atoms with Crippen molar-refractivity contribution in [2.24, 2.45) is 0 Å². The quantitative estimate of drug-likeness (QED) is 0.665. The predicted octanol–water partition coefficient (Wildman–Crippen LogP) is 5.47. The lowest BCUT2D eigenvalue weighted by Crippen LogP contribution is -2.12. The number of aryl methyl sites for hydroxylation is 2. The van der Waals surface area contributed by atoms with Gasteiger partial charge in [-0.25, -0.2) is 4.98 Å². The number of fused-ring (bicyclic) bond motifs is 1. The number of aromatic nitrogens is 1. The van der Waals surface area contributed by atoms with E-state index in [0.29, 0.717) is 20.7 Å². The van der Waals surface area contributed by atoms with Crippen LogP contribution in [0.25, 0.3) is 10.2 Å². The van der Waals surface area contributed by atoms with Crippen LogP contribution in [0.15, 0.2) is 30.3 Å². The predicted molar refractivity (Wildman–Crippen MR) is 93.5 cm³/mol. The summed E-state index contributed by atoms with van der Waals surface area (Å²) in [4.78, 5) is 16.7. The molecule has 3 nitrogen and oxygen atoms in total. The second-order valence-corrected chi connectivity index (χ2v) is 6.87. The van der Waals surface area contributed by atoms with Crippen LogP contribution in [0.5, 0.6) is 0 Å². The minimum atomic E-state index is -0.271. The first-order chi connectivity index (χ1) is 10.4. The number of nitrogens with one attached hydrogen (secondary N) is 1. The van der Waals surface area contributed by atoms with E-state index in [9.17, 15) is 4.79 Å². The van der Waals surface area contributed by atoms with Crippen LogP contribution >= 0.6 is 34.5 Å². The normalized spacial score (nSPS) is 10.9. The van der Waals surface area contributed by atoms with Gasteiger partial charge in [0.05, 0.1) is 20.8 Å². The Balaban J connectivity index is 1.90. The topological polar surface area (TPSA) is 42.0 Å². The zero-order chi connectivity index (χ0) is 15.9. The van der Waals surface area contributed by atoms with E-state index < -0.39 is 0 Å². The lowest BCUT2D eigenvalue weighted by Gasteiger charge is -2.04. The molecule has 0 aliphatic carbocycles. The lowest BCUT2D eigenvalue weighted by atomic mass is 10.1. The number of amides is 1. The summed E-state index contributed by atoms with van der Waals surface area (Å²) >= 11 is 13.6. The molecule has 0 radical (unpaired) electrons. The van der Waals surface area contributed by atoms with Crippen molar-refractivity contribution in [3.8, 4) is 0 Å². The molecule has 112 valence electrons. The molecule has 1 aromatic heterocycles. The molecule has 0 spiro atoms. The molecule has 3 rings (SSSR count). The number of carbonyl (C=O) groups excluding carboxylic acids is 1. The zero-order valence-corrected chi connectivity index (χ0v) is 14.2. The van der Waals surface area contributed by atoms with Gasteiger partial charge < -0.3 is 0 Å². The number of nitrogens with zero attached hydrogens (tertiary/aromatic N) is 1. The highest BCUT2D eigenvalue weighted by atomic mass is 35.5. The van der Waals surface area contributed by atoms with Gasteiger partial charge in [0.25, 0.3) is 5.91 Å². The third-order valence-electron chi connectivity index (χ3n) is 3.26. The average molecular weight is 351 g/mol. The minimum absolute atomic E-state index is 0.271. The fourth-order valence-corrected chi connectivity index (χ4v) is 3.49. The van der Waals surface area contributed by atoms with E-state index in [1.165, 1.54) is 11.3 Å². The highest BCUT2D eigenvalue weighted by Gasteiger charge is 2.13. The van der Waals surface area contributed by atoms with Crippen LogP contribution in [0.4, 0.5) is 5.13 Å². The van der Waals surface area contributed by atoms with Gasteiger partial charge in [-0.3, -0.25) is 10.1 Å². The van der Waals surface area contributed by atoms with Crippen molar-refractivity contribution >= 4 is 55.8 Å². The molecule has 6 heteroatoms. The molecule has 0 bridgehead atoms. The van der Waals surface area contributed by atoms with Gasteiger partial charge in [-0.05, 0) is 49.2 Å². The van der Waals surface area contributed by atoms with E-state index in [2.05, 4.69) is 10.3 Å². The summed E-state index contributed by atoms with van der Waals surface area (Å²) in [6.07, 6.45) is 0. The van der Waals surface area contributed by atoms with Crippen molar-refractivity contribution in [2.45, 2.75) is 13.8 Å². The van der Waals surface area contributed by atoms with E-state index in [4.69, 9.17) is 23.2 Å². The van der Waals surface area contributed by atoms with Gasteiger partial charge >= 0.3 is 0 Å². The SMILES string of the molecule is Cc1ccc(C(=O)Nc2nc3cc(Cl)c(C)cc3s2)c(Cl)c1. The van der Waals surface area contributed by atoms with Crippen molar-refractivity contribution in [1.29, 1.82) is 0 Å². The highest BCUT2D eigenvalue weighted by molar-refractivity contribution is 7.22. The molecule has 1 heterocycles. The number of carbonyl (C=O) groups is 1. The first kappa shape index (κ1) is 15.3. The Morgan fingerprint density at radius 2 is 1.91 bits per heavy atom. The molecule has 0 saturated carbocycles. The second-order valence-electron chi connectivity index (χ2n) is 5.03. The Morgan fingerprint density at radius 3 is 2.64 bits per heavy atom. The Hall–Kier alpha value is -1.62. The van der Waals surface area contributed by atoms with Crippen molar-refractivity contribution in [3.63, 3.8) is 0 Å². The molecule has 0 aliphatic rings. The van der Waals surface area contributed by atoms with Gasteiger partial charge in [0.2, 0.25) is 0 Å². The van der Waals surface area contributed by atoms with Gasteiger partial charge in [-0.1, -0.05) is 40.6 Å². The van der Waals surface area contributed by atoms with Crippen LogP contribution in [0.3, 0.4) is 0 Å². The van der Waals surface area contributed by atoms with E-state index >= 15 is 0 Å². The standard InChI is InChI=1S/C16H12Cl2N2OS/c1-8-3-4-10(12(18)5-8)15(21)20-16-19-13-7-11(17)9(2)6-14(13)22-16/h3-7H,1-2H3,(H,19,20,21). The number of halogens is 2. The first-order valence-corrected chi connectivity index (χ1v) is 8.15. The fourth-order valence-electron chi connectivity index (χ4n) is 2.07. The molecule has 1 N–H and O–H groups in total. The Labute approximate surface area is 141 Å². The number of rotatable bonds is 2. The summed E-state index contributed by atoms with van der Waals surface area (Å²) in [6, 6.07) is 9.09. The van der Waals surface area contributed by atoms with Gasteiger partial charge in [-0.15, -0.1) is 0 Å². The summed E-state index contributed by atoms with van der Waals surface area (Å²) in [5.41, 5.74) is 3.19. The minimum Gasteiger partial charge on any atom is -0.298 e. The lowest BCUT2D eigenvalue weighted by molar-refractivity contribution is 0.102. The van der Waals surface area contributed by atoms with E-state index in [-0.39, 0.29) is 5.91 Å². The zero-order valence-electron chi connectivity index (χ0n) is 11.9. The number of hydrogen-bond donors (Lipinski definition) is 1. The molecule has 2 aromatic carbocycles. The molecule has 3 aromatic rings. The number of hydrogen-bond acceptors (Lipinski definition) is 3. The summed E-state index contributed by atoms with van der Waals surface area (Å²) < 4.78 is 0.979. The number of thiazole rings is 1. The molecule has 0 atom stereocenters. The van der Waals surface area contributed by atoms with Gasteiger partial charge in [0.15, 0.2) is 5.13 Å². The van der Waals surface area contributed by atoms with Crippen molar-refractivity contribution in [3.05, 3.63) is 57.1 Å². The summed E-state index contributed by atoms with van der Waals surface area (Å²) in [5.74, 6) is -0.271. The maximum atomic E-state index is 12.3. The van der Waals surface area contributed by atoms with Crippen molar-refractivity contribution < 1.29 is 4.79 Å². The third-order valence-corrected chi connectivity index (χ3v) is 4.91. The number of benzene rings is 2. The van der Waals surface area contributed by atoms with Gasteiger partial charge in [0.1, 0.15) is 0 Å². The Morgan fingerprint density at radius 1 is 1.14 bits per heavy atom. The molecule has 0 fully saturated rings. The van der Waals surface area contributed by atoms with Crippen LogP contribution in [0.2, 0.25) is 10.0 Å². The maximum absolute atomic E-state index is 12.3. The largest absolute Gasteiger partial charge is 0.298 e. The van der Waals surface area contributed by atoms with Gasteiger partial charge in [-0.2, -0.15) is 0 Å². The number of anilines is 1. The third kappa shape index (κ3) is 2.95. The van der Waals surface area contributed by atoms with Crippen LogP contribution in [0, 0.1) is 13.8 Å². The van der Waals surface area contributed by atoms with Gasteiger partial charge in [0, 0.05) is 5.02 Å².